The van der Waals surface area contributed by atoms with E-state index in [0.29, 0.717) is 0 Å². The van der Waals surface area contributed by atoms with Crippen LogP contribution in [0.1, 0.15) is 26.2 Å². The van der Waals surface area contributed by atoms with E-state index in [4.69, 9.17) is 0 Å². The van der Waals surface area contributed by atoms with Gasteiger partial charge in [0.1, 0.15) is 0 Å². The van der Waals surface area contributed by atoms with Crippen molar-refractivity contribution in [3.63, 3.8) is 0 Å². The predicted octanol–water partition coefficient (Wildman–Crippen LogP) is 2.79. The summed E-state index contributed by atoms with van der Waals surface area (Å²) in [7, 11) is 0. The summed E-state index contributed by atoms with van der Waals surface area (Å²) in [5, 5.41) is 3.35. The Kier molecular flexibility index (Phi) is 5.00. The zero-order valence-corrected chi connectivity index (χ0v) is 12.8. The normalized spacial score (nSPS) is 20.2. The molecule has 0 radical (unpaired) electrons. The van der Waals surface area contributed by atoms with Gasteiger partial charge < -0.3 is 10.2 Å². The molecule has 1 aromatic rings. The predicted molar refractivity (Wildman–Crippen MR) is 82.8 cm³/mol. The van der Waals surface area contributed by atoms with Gasteiger partial charge in [-0.1, -0.05) is 19.1 Å². The Hall–Kier alpha value is -0.620. The number of halogens is 1. The number of carbonyl (C=O) groups excluding carboxylic acids is 1. The van der Waals surface area contributed by atoms with Crippen LogP contribution >= 0.6 is 22.6 Å². The maximum absolute atomic E-state index is 12.4. The highest BCUT2D eigenvalue weighted by atomic mass is 127. The number of nitrogens with zero attached hydrogens (tertiary/aromatic N) is 1. The fourth-order valence-electron chi connectivity index (χ4n) is 2.29. The van der Waals surface area contributed by atoms with Gasteiger partial charge in [0.15, 0.2) is 0 Å². The summed E-state index contributed by atoms with van der Waals surface area (Å²) in [6.07, 6.45) is 3.09. The summed E-state index contributed by atoms with van der Waals surface area (Å²) < 4.78 is 1.14. The Bertz CT molecular complexity index is 422. The number of carbonyl (C=O) groups is 1. The topological polar surface area (TPSA) is 32.3 Å². The molecule has 0 bridgehead atoms. The zero-order chi connectivity index (χ0) is 13.0. The number of para-hydroxylation sites is 1. The third kappa shape index (κ3) is 3.03. The van der Waals surface area contributed by atoms with Crippen LogP contribution < -0.4 is 10.2 Å². The maximum Gasteiger partial charge on any atom is 0.244 e. The van der Waals surface area contributed by atoms with Crippen LogP contribution in [0.2, 0.25) is 0 Å². The molecule has 1 aromatic carbocycles. The first-order valence-electron chi connectivity index (χ1n) is 6.53. The average Bonchev–Trinajstić information content (AvgIpc) is 2.39. The van der Waals surface area contributed by atoms with Crippen molar-refractivity contribution >= 4 is 34.2 Å². The molecule has 0 aromatic heterocycles. The van der Waals surface area contributed by atoms with E-state index in [0.717, 1.165) is 41.6 Å². The molecule has 1 heterocycles. The summed E-state index contributed by atoms with van der Waals surface area (Å²) in [6.45, 7) is 3.87. The Morgan fingerprint density at radius 1 is 1.44 bits per heavy atom. The molecule has 98 valence electrons. The van der Waals surface area contributed by atoms with Crippen molar-refractivity contribution in [3.05, 3.63) is 27.8 Å². The summed E-state index contributed by atoms with van der Waals surface area (Å²) in [4.78, 5) is 14.4. The maximum atomic E-state index is 12.4. The van der Waals surface area contributed by atoms with E-state index in [1.807, 2.05) is 29.2 Å². The van der Waals surface area contributed by atoms with Crippen LogP contribution in [-0.4, -0.2) is 25.0 Å². The molecule has 1 aliphatic heterocycles. The lowest BCUT2D eigenvalue weighted by atomic mass is 10.0. The highest BCUT2D eigenvalue weighted by Gasteiger charge is 2.29. The summed E-state index contributed by atoms with van der Waals surface area (Å²) in [5.74, 6) is 0.221. The van der Waals surface area contributed by atoms with E-state index in [1.165, 1.54) is 0 Å². The molecule has 4 heteroatoms. The van der Waals surface area contributed by atoms with Crippen molar-refractivity contribution in [2.45, 2.75) is 32.2 Å². The van der Waals surface area contributed by atoms with E-state index in [1.54, 1.807) is 0 Å². The standard InChI is InChI=1S/C14H19IN2O/c1-2-9-16-12-7-5-10-17(14(12)18)13-8-4-3-6-11(13)15/h3-4,6,8,12,16H,2,5,7,9-10H2,1H3. The molecule has 1 fully saturated rings. The van der Waals surface area contributed by atoms with E-state index in [-0.39, 0.29) is 11.9 Å². The van der Waals surface area contributed by atoms with Gasteiger partial charge in [-0.3, -0.25) is 4.79 Å². The van der Waals surface area contributed by atoms with Crippen LogP contribution in [0.15, 0.2) is 24.3 Å². The van der Waals surface area contributed by atoms with Crippen molar-refractivity contribution < 1.29 is 4.79 Å². The SMILES string of the molecule is CCCNC1CCCN(c2ccccc2I)C1=O. The molecular formula is C14H19IN2O. The number of piperidine rings is 1. The molecule has 1 aliphatic rings. The van der Waals surface area contributed by atoms with Gasteiger partial charge >= 0.3 is 0 Å². The number of hydrogen-bond donors (Lipinski definition) is 1. The average molecular weight is 358 g/mol. The molecule has 1 N–H and O–H groups in total. The van der Waals surface area contributed by atoms with Crippen LogP contribution in [0.3, 0.4) is 0 Å². The van der Waals surface area contributed by atoms with Crippen molar-refractivity contribution in [1.29, 1.82) is 0 Å². The molecule has 1 saturated heterocycles. The van der Waals surface area contributed by atoms with Gasteiger partial charge in [-0.2, -0.15) is 0 Å². The lowest BCUT2D eigenvalue weighted by molar-refractivity contribution is -0.121. The van der Waals surface area contributed by atoms with Crippen molar-refractivity contribution in [2.24, 2.45) is 0 Å². The van der Waals surface area contributed by atoms with Gasteiger partial charge in [-0.25, -0.2) is 0 Å². The van der Waals surface area contributed by atoms with E-state index in [9.17, 15) is 4.79 Å². The van der Waals surface area contributed by atoms with Crippen molar-refractivity contribution in [1.82, 2.24) is 5.32 Å². The number of benzene rings is 1. The smallest absolute Gasteiger partial charge is 0.244 e. The second-order valence-corrected chi connectivity index (χ2v) is 5.75. The van der Waals surface area contributed by atoms with Gasteiger partial charge in [0, 0.05) is 10.1 Å². The minimum Gasteiger partial charge on any atom is -0.310 e. The molecule has 0 saturated carbocycles. The molecule has 3 nitrogen and oxygen atoms in total. The second kappa shape index (κ2) is 6.52. The zero-order valence-electron chi connectivity index (χ0n) is 10.7. The van der Waals surface area contributed by atoms with Crippen LogP contribution in [0.4, 0.5) is 5.69 Å². The van der Waals surface area contributed by atoms with Crippen molar-refractivity contribution in [3.8, 4) is 0 Å². The molecular weight excluding hydrogens is 339 g/mol. The summed E-state index contributed by atoms with van der Waals surface area (Å²) in [5.41, 5.74) is 1.05. The molecule has 1 unspecified atom stereocenters. The number of rotatable bonds is 4. The van der Waals surface area contributed by atoms with E-state index >= 15 is 0 Å². The summed E-state index contributed by atoms with van der Waals surface area (Å²) >= 11 is 2.29. The number of hydrogen-bond acceptors (Lipinski definition) is 2. The Balaban J connectivity index is 2.14. The molecule has 1 atom stereocenters. The van der Waals surface area contributed by atoms with Crippen LogP contribution in [0.5, 0.6) is 0 Å². The fourth-order valence-corrected chi connectivity index (χ4v) is 2.97. The second-order valence-electron chi connectivity index (χ2n) is 4.59. The third-order valence-corrected chi connectivity index (χ3v) is 4.13. The fraction of sp³-hybridized carbons (Fsp3) is 0.500. The monoisotopic (exact) mass is 358 g/mol. The first-order valence-corrected chi connectivity index (χ1v) is 7.61. The van der Waals surface area contributed by atoms with Gasteiger partial charge in [0.2, 0.25) is 5.91 Å². The van der Waals surface area contributed by atoms with Crippen LogP contribution in [0.25, 0.3) is 0 Å². The quantitative estimate of drug-likeness (QED) is 0.840. The van der Waals surface area contributed by atoms with Crippen LogP contribution in [0, 0.1) is 3.57 Å². The molecule has 1 amide bonds. The third-order valence-electron chi connectivity index (χ3n) is 3.22. The highest BCUT2D eigenvalue weighted by molar-refractivity contribution is 14.1. The lowest BCUT2D eigenvalue weighted by Crippen LogP contribution is -2.51. The number of anilines is 1. The molecule has 0 aliphatic carbocycles. The van der Waals surface area contributed by atoms with Crippen LogP contribution in [-0.2, 0) is 4.79 Å². The first-order chi connectivity index (χ1) is 8.74. The van der Waals surface area contributed by atoms with E-state index in [2.05, 4.69) is 34.8 Å². The van der Waals surface area contributed by atoms with Gasteiger partial charge in [-0.15, -0.1) is 0 Å². The van der Waals surface area contributed by atoms with E-state index < -0.39 is 0 Å². The Labute approximate surface area is 122 Å². The van der Waals surface area contributed by atoms with Crippen molar-refractivity contribution in [2.75, 3.05) is 18.0 Å². The van der Waals surface area contributed by atoms with Gasteiger partial charge in [0.05, 0.1) is 11.7 Å². The minimum absolute atomic E-state index is 0.00490. The molecule has 0 spiro atoms. The lowest BCUT2D eigenvalue weighted by Gasteiger charge is -2.33. The number of amides is 1. The van der Waals surface area contributed by atoms with Gasteiger partial charge in [-0.05, 0) is 60.5 Å². The largest absolute Gasteiger partial charge is 0.310 e. The van der Waals surface area contributed by atoms with Gasteiger partial charge in [0.25, 0.3) is 0 Å². The molecule has 18 heavy (non-hydrogen) atoms. The Morgan fingerprint density at radius 2 is 2.22 bits per heavy atom. The Morgan fingerprint density at radius 3 is 2.94 bits per heavy atom. The highest BCUT2D eigenvalue weighted by Crippen LogP contribution is 2.26. The summed E-state index contributed by atoms with van der Waals surface area (Å²) in [6, 6.07) is 8.07. The molecule has 2 rings (SSSR count). The minimum atomic E-state index is -0.00490. The first kappa shape index (κ1) is 13.8. The number of nitrogens with one attached hydrogen (secondary N) is 1.